The average Bonchev–Trinajstić information content (AvgIpc) is 2.79. The second-order valence-corrected chi connectivity index (χ2v) is 8.54. The van der Waals surface area contributed by atoms with Crippen molar-refractivity contribution in [2.24, 2.45) is 5.92 Å². The summed E-state index contributed by atoms with van der Waals surface area (Å²) in [5.41, 5.74) is 2.81. The molecule has 0 unspecified atom stereocenters. The zero-order chi connectivity index (χ0) is 22.8. The number of nitrogens with zero attached hydrogens (tertiary/aromatic N) is 2. The van der Waals surface area contributed by atoms with Crippen LogP contribution in [0.1, 0.15) is 49.2 Å². The van der Waals surface area contributed by atoms with Gasteiger partial charge in [-0.05, 0) is 55.3 Å². The Morgan fingerprint density at radius 2 is 1.66 bits per heavy atom. The van der Waals surface area contributed by atoms with E-state index in [1.54, 1.807) is 17.0 Å². The Morgan fingerprint density at radius 3 is 2.34 bits per heavy atom. The third-order valence-corrected chi connectivity index (χ3v) is 5.93. The number of anilines is 2. The van der Waals surface area contributed by atoms with Crippen LogP contribution in [0.3, 0.4) is 0 Å². The van der Waals surface area contributed by atoms with E-state index in [1.165, 1.54) is 12.1 Å². The molecular formula is C27H27FN2O2. The van der Waals surface area contributed by atoms with E-state index >= 15 is 0 Å². The minimum atomic E-state index is -0.440. The van der Waals surface area contributed by atoms with E-state index in [1.807, 2.05) is 80.3 Å². The smallest absolute Gasteiger partial charge is 0.258 e. The fourth-order valence-electron chi connectivity index (χ4n) is 4.42. The summed E-state index contributed by atoms with van der Waals surface area (Å²) in [7, 11) is 0. The number of hydrogen-bond acceptors (Lipinski definition) is 2. The van der Waals surface area contributed by atoms with Gasteiger partial charge in [-0.25, -0.2) is 4.39 Å². The van der Waals surface area contributed by atoms with Crippen LogP contribution in [0.4, 0.5) is 15.8 Å². The molecular weight excluding hydrogens is 403 g/mol. The highest BCUT2D eigenvalue weighted by atomic mass is 19.1. The minimum absolute atomic E-state index is 0.0353. The lowest BCUT2D eigenvalue weighted by atomic mass is 9.89. The summed E-state index contributed by atoms with van der Waals surface area (Å²) in [6.07, 6.45) is 0.575. The largest absolute Gasteiger partial charge is 0.305 e. The van der Waals surface area contributed by atoms with Crippen molar-refractivity contribution < 1.29 is 14.0 Å². The van der Waals surface area contributed by atoms with Crippen molar-refractivity contribution in [1.29, 1.82) is 0 Å². The number of carbonyl (C=O) groups is 2. The maximum Gasteiger partial charge on any atom is 0.258 e. The molecule has 0 aliphatic carbocycles. The van der Waals surface area contributed by atoms with E-state index in [0.29, 0.717) is 12.0 Å². The summed E-state index contributed by atoms with van der Waals surface area (Å²) in [5, 5.41) is 0. The summed E-state index contributed by atoms with van der Waals surface area (Å²) in [6.45, 7) is 5.77. The highest BCUT2D eigenvalue weighted by Crippen LogP contribution is 2.43. The fourth-order valence-corrected chi connectivity index (χ4v) is 4.42. The monoisotopic (exact) mass is 430 g/mol. The SMILES string of the molecule is CC(C)C(=O)N(c1ccccc1)[C@H]1C[C@@H](C)N(C(=O)c2cccc(F)c2)c2ccccc21. The van der Waals surface area contributed by atoms with E-state index in [9.17, 15) is 14.0 Å². The van der Waals surface area contributed by atoms with Crippen molar-refractivity contribution in [3.05, 3.63) is 95.8 Å². The summed E-state index contributed by atoms with van der Waals surface area (Å²) in [4.78, 5) is 30.3. The first-order chi connectivity index (χ1) is 15.4. The molecule has 0 bridgehead atoms. The third kappa shape index (κ3) is 4.03. The lowest BCUT2D eigenvalue weighted by molar-refractivity contribution is -0.122. The van der Waals surface area contributed by atoms with Crippen LogP contribution in [0.5, 0.6) is 0 Å². The number of fused-ring (bicyclic) bond motifs is 1. The number of rotatable bonds is 4. The van der Waals surface area contributed by atoms with Crippen LogP contribution in [0.25, 0.3) is 0 Å². The Hall–Kier alpha value is -3.47. The van der Waals surface area contributed by atoms with Crippen LogP contribution in [0.15, 0.2) is 78.9 Å². The Labute approximate surface area is 188 Å². The molecule has 0 saturated heterocycles. The van der Waals surface area contributed by atoms with Crippen molar-refractivity contribution >= 4 is 23.2 Å². The second kappa shape index (κ2) is 8.95. The van der Waals surface area contributed by atoms with Crippen LogP contribution in [0.2, 0.25) is 0 Å². The van der Waals surface area contributed by atoms with Crippen molar-refractivity contribution in [2.75, 3.05) is 9.80 Å². The van der Waals surface area contributed by atoms with Gasteiger partial charge in [-0.2, -0.15) is 0 Å². The standard InChI is InChI=1S/C27H27FN2O2/c1-18(2)26(31)30(22-12-5-4-6-13-22)25-16-19(3)29(24-15-8-7-14-23(24)25)27(32)20-10-9-11-21(28)17-20/h4-15,17-19,25H,16H2,1-3H3/t19-,25+/m1/s1. The van der Waals surface area contributed by atoms with Crippen molar-refractivity contribution in [3.8, 4) is 0 Å². The molecule has 0 saturated carbocycles. The Kier molecular flexibility index (Phi) is 6.08. The van der Waals surface area contributed by atoms with Gasteiger partial charge in [0, 0.05) is 28.9 Å². The summed E-state index contributed by atoms with van der Waals surface area (Å²) >= 11 is 0. The predicted octanol–water partition coefficient (Wildman–Crippen LogP) is 6.00. The van der Waals surface area contributed by atoms with Gasteiger partial charge in [0.1, 0.15) is 5.82 Å². The first-order valence-corrected chi connectivity index (χ1v) is 10.9. The van der Waals surface area contributed by atoms with Gasteiger partial charge in [0.2, 0.25) is 5.91 Å². The van der Waals surface area contributed by atoms with Crippen LogP contribution >= 0.6 is 0 Å². The van der Waals surface area contributed by atoms with E-state index in [0.717, 1.165) is 16.9 Å². The predicted molar refractivity (Wildman–Crippen MR) is 125 cm³/mol. The van der Waals surface area contributed by atoms with Crippen LogP contribution in [-0.2, 0) is 4.79 Å². The number of hydrogen-bond donors (Lipinski definition) is 0. The van der Waals surface area contributed by atoms with E-state index in [-0.39, 0.29) is 29.8 Å². The van der Waals surface area contributed by atoms with Gasteiger partial charge in [-0.3, -0.25) is 9.59 Å². The quantitative estimate of drug-likeness (QED) is 0.510. The number of carbonyl (C=O) groups excluding carboxylic acids is 2. The Bertz CT molecular complexity index is 1130. The molecule has 164 valence electrons. The van der Waals surface area contributed by atoms with E-state index in [4.69, 9.17) is 0 Å². The molecule has 5 heteroatoms. The molecule has 0 N–H and O–H groups in total. The molecule has 0 aromatic heterocycles. The van der Waals surface area contributed by atoms with Gasteiger partial charge in [0.25, 0.3) is 5.91 Å². The van der Waals surface area contributed by atoms with Gasteiger partial charge in [0.15, 0.2) is 0 Å². The van der Waals surface area contributed by atoms with Crippen LogP contribution < -0.4 is 9.80 Å². The highest BCUT2D eigenvalue weighted by Gasteiger charge is 2.39. The van der Waals surface area contributed by atoms with Crippen molar-refractivity contribution in [1.82, 2.24) is 0 Å². The summed E-state index contributed by atoms with van der Waals surface area (Å²) in [5.74, 6) is -0.827. The zero-order valence-electron chi connectivity index (χ0n) is 18.5. The Morgan fingerprint density at radius 1 is 0.969 bits per heavy atom. The minimum Gasteiger partial charge on any atom is -0.305 e. The van der Waals surface area contributed by atoms with Crippen LogP contribution in [0, 0.1) is 11.7 Å². The number of para-hydroxylation sites is 2. The molecule has 0 spiro atoms. The molecule has 2 atom stereocenters. The van der Waals surface area contributed by atoms with E-state index < -0.39 is 5.82 Å². The molecule has 4 nitrogen and oxygen atoms in total. The lowest BCUT2D eigenvalue weighted by Gasteiger charge is -2.44. The van der Waals surface area contributed by atoms with Gasteiger partial charge < -0.3 is 9.80 Å². The maximum atomic E-state index is 13.8. The topological polar surface area (TPSA) is 40.6 Å². The maximum absolute atomic E-state index is 13.8. The molecule has 0 fully saturated rings. The molecule has 4 rings (SSSR count). The molecule has 1 heterocycles. The third-order valence-electron chi connectivity index (χ3n) is 5.93. The molecule has 2 amide bonds. The molecule has 3 aromatic rings. The lowest BCUT2D eigenvalue weighted by Crippen LogP contribution is -2.48. The fraction of sp³-hybridized carbons (Fsp3) is 0.259. The zero-order valence-corrected chi connectivity index (χ0v) is 18.5. The molecule has 3 aromatic carbocycles. The van der Waals surface area contributed by atoms with Crippen molar-refractivity contribution in [2.45, 2.75) is 39.3 Å². The average molecular weight is 431 g/mol. The second-order valence-electron chi connectivity index (χ2n) is 8.54. The number of benzene rings is 3. The first kappa shape index (κ1) is 21.8. The van der Waals surface area contributed by atoms with Gasteiger partial charge in [-0.15, -0.1) is 0 Å². The van der Waals surface area contributed by atoms with Gasteiger partial charge >= 0.3 is 0 Å². The van der Waals surface area contributed by atoms with Crippen LogP contribution in [-0.4, -0.2) is 17.9 Å². The summed E-state index contributed by atoms with van der Waals surface area (Å²) in [6, 6.07) is 22.7. The Balaban J connectivity index is 1.80. The molecule has 1 aliphatic rings. The number of amides is 2. The normalized spacial score (nSPS) is 17.7. The van der Waals surface area contributed by atoms with Gasteiger partial charge in [0.05, 0.1) is 6.04 Å². The van der Waals surface area contributed by atoms with Gasteiger partial charge in [-0.1, -0.05) is 56.3 Å². The summed E-state index contributed by atoms with van der Waals surface area (Å²) < 4.78 is 13.8. The molecule has 1 aliphatic heterocycles. The molecule has 32 heavy (non-hydrogen) atoms. The highest BCUT2D eigenvalue weighted by molar-refractivity contribution is 6.07. The number of halogens is 1. The van der Waals surface area contributed by atoms with Crippen molar-refractivity contribution in [3.63, 3.8) is 0 Å². The first-order valence-electron chi connectivity index (χ1n) is 10.9. The van der Waals surface area contributed by atoms with E-state index in [2.05, 4.69) is 0 Å². The molecule has 0 radical (unpaired) electrons.